The van der Waals surface area contributed by atoms with Gasteiger partial charge in [0.2, 0.25) is 0 Å². The first-order valence-corrected chi connectivity index (χ1v) is 20.1. The second-order valence-electron chi connectivity index (χ2n) is 15.6. The van der Waals surface area contributed by atoms with Gasteiger partial charge in [-0.3, -0.25) is 0 Å². The van der Waals surface area contributed by atoms with E-state index in [0.29, 0.717) is 6.42 Å². The van der Waals surface area contributed by atoms with Gasteiger partial charge in [-0.05, 0) is 130 Å². The number of benzene rings is 6. The molecule has 0 heterocycles. The Bertz CT molecular complexity index is 2580. The predicted octanol–water partition coefficient (Wildman–Crippen LogP) is 11.5. The molecule has 8 heteroatoms. The van der Waals surface area contributed by atoms with Gasteiger partial charge in [-0.2, -0.15) is 0 Å². The Kier molecular flexibility index (Phi) is 11.2. The molecule has 0 amide bonds. The van der Waals surface area contributed by atoms with Crippen molar-refractivity contribution in [1.82, 2.24) is 0 Å². The van der Waals surface area contributed by atoms with Crippen molar-refractivity contribution in [2.75, 3.05) is 0 Å². The molecule has 8 nitrogen and oxygen atoms in total. The lowest BCUT2D eigenvalue weighted by atomic mass is 9.55. The van der Waals surface area contributed by atoms with Crippen LogP contribution in [0.15, 0.2) is 176 Å². The van der Waals surface area contributed by atoms with Crippen molar-refractivity contribution in [1.29, 1.82) is 0 Å². The molecule has 0 fully saturated rings. The highest BCUT2D eigenvalue weighted by Crippen LogP contribution is 2.53. The molecule has 6 aromatic rings. The van der Waals surface area contributed by atoms with Gasteiger partial charge in [0.25, 0.3) is 0 Å². The van der Waals surface area contributed by atoms with Crippen LogP contribution < -0.4 is 0 Å². The molecule has 2 aliphatic rings. The predicted molar refractivity (Wildman–Crippen MR) is 235 cm³/mol. The number of carboxylic acid groups (broad SMARTS) is 4. The Morgan fingerprint density at radius 1 is 0.410 bits per heavy atom. The molecule has 302 valence electrons. The number of carboxylic acids is 4. The molecule has 0 aromatic heterocycles. The third-order valence-electron chi connectivity index (χ3n) is 12.3. The van der Waals surface area contributed by atoms with Gasteiger partial charge < -0.3 is 20.4 Å². The lowest BCUT2D eigenvalue weighted by Crippen LogP contribution is -2.43. The zero-order chi connectivity index (χ0) is 42.7. The molecule has 0 radical (unpaired) electrons. The van der Waals surface area contributed by atoms with Gasteiger partial charge in [0.1, 0.15) is 0 Å². The van der Waals surface area contributed by atoms with Crippen molar-refractivity contribution < 1.29 is 39.6 Å². The minimum absolute atomic E-state index is 0.0166. The fraction of sp³-hybridized carbons (Fsp3) is 0.132. The van der Waals surface area contributed by atoms with Crippen LogP contribution in [0.1, 0.15) is 88.9 Å². The molecule has 0 spiro atoms. The number of carbonyl (C=O) groups is 4. The summed E-state index contributed by atoms with van der Waals surface area (Å²) < 4.78 is 0. The smallest absolute Gasteiger partial charge is 0.335 e. The molecule has 4 N–H and O–H groups in total. The topological polar surface area (TPSA) is 149 Å². The molecule has 3 atom stereocenters. The summed E-state index contributed by atoms with van der Waals surface area (Å²) in [5, 5.41) is 38.0. The summed E-state index contributed by atoms with van der Waals surface area (Å²) in [5.74, 6) is -3.81. The van der Waals surface area contributed by atoms with E-state index in [1.807, 2.05) is 48.5 Å². The van der Waals surface area contributed by atoms with Gasteiger partial charge >= 0.3 is 23.9 Å². The molecular formula is C53H42O8. The zero-order valence-corrected chi connectivity index (χ0v) is 33.0. The summed E-state index contributed by atoms with van der Waals surface area (Å²) in [4.78, 5) is 46.3. The summed E-state index contributed by atoms with van der Waals surface area (Å²) in [7, 11) is 0. The molecule has 0 bridgehead atoms. The molecule has 0 saturated heterocycles. The van der Waals surface area contributed by atoms with Gasteiger partial charge in [-0.15, -0.1) is 0 Å². The monoisotopic (exact) mass is 806 g/mol. The lowest BCUT2D eigenvalue weighted by molar-refractivity contribution is 0.0686. The minimum Gasteiger partial charge on any atom is -0.478 e. The van der Waals surface area contributed by atoms with Crippen LogP contribution in [0.25, 0.3) is 27.8 Å². The highest BCUT2D eigenvalue weighted by atomic mass is 16.4. The highest BCUT2D eigenvalue weighted by molar-refractivity contribution is 5.90. The molecule has 2 aliphatic carbocycles. The maximum Gasteiger partial charge on any atom is 0.335 e. The fourth-order valence-electron chi connectivity index (χ4n) is 9.11. The molecule has 0 saturated carbocycles. The zero-order valence-electron chi connectivity index (χ0n) is 33.0. The van der Waals surface area contributed by atoms with Crippen LogP contribution in [-0.4, -0.2) is 44.3 Å². The first kappa shape index (κ1) is 40.2. The number of aromatic carboxylic acids is 4. The second-order valence-corrected chi connectivity index (χ2v) is 15.6. The lowest BCUT2D eigenvalue weighted by Gasteiger charge is -2.48. The van der Waals surface area contributed by atoms with E-state index in [9.17, 15) is 39.6 Å². The second kappa shape index (κ2) is 17.0. The summed E-state index contributed by atoms with van der Waals surface area (Å²) in [5.41, 5.74) is 9.20. The largest absolute Gasteiger partial charge is 0.478 e. The van der Waals surface area contributed by atoms with E-state index in [1.165, 1.54) is 0 Å². The van der Waals surface area contributed by atoms with Crippen molar-refractivity contribution in [3.63, 3.8) is 0 Å². The summed E-state index contributed by atoms with van der Waals surface area (Å²) >= 11 is 0. The van der Waals surface area contributed by atoms with Crippen LogP contribution in [-0.2, 0) is 5.41 Å². The van der Waals surface area contributed by atoms with E-state index in [2.05, 4.69) is 78.9 Å². The van der Waals surface area contributed by atoms with Gasteiger partial charge in [0.15, 0.2) is 0 Å². The van der Waals surface area contributed by atoms with E-state index in [0.717, 1.165) is 62.9 Å². The van der Waals surface area contributed by atoms with E-state index < -0.39 is 29.3 Å². The van der Waals surface area contributed by atoms with Crippen LogP contribution in [0.5, 0.6) is 0 Å². The standard InChI is InChI=1S/C53H42O8/c54-49(55)41-9-1-33(2-10-41)37-17-25-45(26-18-37)53(46-27-19-38(20-28-46)34-3-11-42(12-4-34)50(56)57,47-29-21-39(22-30-47)35-5-13-43(14-6-35)51(58)59)48-31-23-40(24-32-48)36-7-15-44(16-8-36)52(60)61/h1-23,25-29,31,40,47-48H,24,30,32H2,(H,54,55)(H,56,57)(H,58,59)(H,60,61). The molecule has 0 aliphatic heterocycles. The Balaban J connectivity index is 1.24. The van der Waals surface area contributed by atoms with Crippen LogP contribution in [0.4, 0.5) is 0 Å². The van der Waals surface area contributed by atoms with E-state index in [4.69, 9.17) is 0 Å². The van der Waals surface area contributed by atoms with Crippen LogP contribution >= 0.6 is 0 Å². The van der Waals surface area contributed by atoms with Crippen molar-refractivity contribution >= 4 is 29.5 Å². The molecule has 3 unspecified atom stereocenters. The number of rotatable bonds is 12. The Morgan fingerprint density at radius 2 is 0.787 bits per heavy atom. The summed E-state index contributed by atoms with van der Waals surface area (Å²) in [6.45, 7) is 0. The van der Waals surface area contributed by atoms with Crippen LogP contribution in [0.2, 0.25) is 0 Å². The fourth-order valence-corrected chi connectivity index (χ4v) is 9.11. The number of allylic oxidation sites excluding steroid dienone is 6. The van der Waals surface area contributed by atoms with Crippen molar-refractivity contribution in [3.8, 4) is 22.3 Å². The Morgan fingerprint density at radius 3 is 1.13 bits per heavy atom. The Hall–Kier alpha value is -7.58. The minimum atomic E-state index is -0.981. The third kappa shape index (κ3) is 8.08. The van der Waals surface area contributed by atoms with E-state index in [-0.39, 0.29) is 40.0 Å². The Labute approximate surface area is 353 Å². The molecular weight excluding hydrogens is 765 g/mol. The van der Waals surface area contributed by atoms with Crippen molar-refractivity contribution in [2.45, 2.75) is 30.6 Å². The first-order chi connectivity index (χ1) is 29.5. The van der Waals surface area contributed by atoms with Crippen LogP contribution in [0.3, 0.4) is 0 Å². The number of hydrogen-bond donors (Lipinski definition) is 4. The normalized spacial score (nSPS) is 17.3. The van der Waals surface area contributed by atoms with Crippen molar-refractivity contribution in [3.05, 3.63) is 220 Å². The maximum absolute atomic E-state index is 11.6. The summed E-state index contributed by atoms with van der Waals surface area (Å²) in [6.07, 6.45) is 13.6. The van der Waals surface area contributed by atoms with Gasteiger partial charge in [-0.25, -0.2) is 19.2 Å². The highest BCUT2D eigenvalue weighted by Gasteiger charge is 2.47. The molecule has 61 heavy (non-hydrogen) atoms. The van der Waals surface area contributed by atoms with Crippen molar-refractivity contribution in [2.24, 2.45) is 11.8 Å². The molecule has 6 aromatic carbocycles. The quantitative estimate of drug-likeness (QED) is 0.0893. The average Bonchev–Trinajstić information content (AvgIpc) is 3.30. The van der Waals surface area contributed by atoms with E-state index in [1.54, 1.807) is 48.5 Å². The average molecular weight is 807 g/mol. The maximum atomic E-state index is 11.6. The molecule has 8 rings (SSSR count). The van der Waals surface area contributed by atoms with E-state index >= 15 is 0 Å². The van der Waals surface area contributed by atoms with Gasteiger partial charge in [0.05, 0.1) is 22.3 Å². The van der Waals surface area contributed by atoms with Gasteiger partial charge in [0, 0.05) is 11.3 Å². The van der Waals surface area contributed by atoms with Gasteiger partial charge in [-0.1, -0.05) is 127 Å². The first-order valence-electron chi connectivity index (χ1n) is 20.1. The number of hydrogen-bond acceptors (Lipinski definition) is 4. The SMILES string of the molecule is O=C(O)c1ccc(C2=CCC(C(c3ccc(-c4ccc(C(=O)O)cc4)cc3)(c3ccc(-c4ccc(C(=O)O)cc4)cc3)C3C=CC(c4ccc(C(=O)O)cc4)CC3)C=C2)cc1. The summed E-state index contributed by atoms with van der Waals surface area (Å²) in [6, 6.07) is 44.8. The third-order valence-corrected chi connectivity index (χ3v) is 12.3. The van der Waals surface area contributed by atoms with Crippen LogP contribution in [0, 0.1) is 11.8 Å².